The fraction of sp³-hybridized carbons (Fsp3) is 0.0417. The molecule has 0 aliphatic carbocycles. The summed E-state index contributed by atoms with van der Waals surface area (Å²) in [6.07, 6.45) is 0. The van der Waals surface area contributed by atoms with Crippen molar-refractivity contribution in [1.82, 2.24) is 20.5 Å². The summed E-state index contributed by atoms with van der Waals surface area (Å²) >= 11 is 6.01. The van der Waals surface area contributed by atoms with Crippen LogP contribution in [-0.4, -0.2) is 27.1 Å². The Morgan fingerprint density at radius 2 is 1.55 bits per heavy atom. The maximum atomic E-state index is 12.4. The first kappa shape index (κ1) is 21.9. The van der Waals surface area contributed by atoms with Gasteiger partial charge in [-0.05, 0) is 31.2 Å². The second-order valence-electron chi connectivity index (χ2n) is 7.08. The van der Waals surface area contributed by atoms with Gasteiger partial charge >= 0.3 is 6.03 Å². The Kier molecular flexibility index (Phi) is 6.56. The van der Waals surface area contributed by atoms with E-state index in [1.54, 1.807) is 18.2 Å². The van der Waals surface area contributed by atoms with Gasteiger partial charge in [0.15, 0.2) is 5.82 Å². The minimum atomic E-state index is -0.810. The second kappa shape index (κ2) is 9.88. The van der Waals surface area contributed by atoms with E-state index in [4.69, 9.17) is 11.6 Å². The number of nitrogens with one attached hydrogen (secondary N) is 3. The van der Waals surface area contributed by atoms with Crippen molar-refractivity contribution < 1.29 is 9.59 Å². The van der Waals surface area contributed by atoms with Gasteiger partial charge < -0.3 is 5.32 Å². The van der Waals surface area contributed by atoms with Crippen molar-refractivity contribution in [3.8, 4) is 11.3 Å². The first-order valence-electron chi connectivity index (χ1n) is 10.0. The van der Waals surface area contributed by atoms with Crippen LogP contribution in [0.4, 0.5) is 22.2 Å². The van der Waals surface area contributed by atoms with Crippen LogP contribution in [0, 0.1) is 6.92 Å². The molecule has 3 amide bonds. The van der Waals surface area contributed by atoms with Crippen LogP contribution >= 0.6 is 11.6 Å². The second-order valence-corrected chi connectivity index (χ2v) is 7.48. The molecule has 0 saturated carbocycles. The summed E-state index contributed by atoms with van der Waals surface area (Å²) in [5, 5.41) is 16.3. The summed E-state index contributed by atoms with van der Waals surface area (Å²) < 4.78 is 0. The van der Waals surface area contributed by atoms with Gasteiger partial charge in [0.2, 0.25) is 0 Å². The number of benzene rings is 3. The van der Waals surface area contributed by atoms with Crippen molar-refractivity contribution in [3.63, 3.8) is 0 Å². The summed E-state index contributed by atoms with van der Waals surface area (Å²) in [7, 11) is 0. The molecule has 4 aromatic rings. The molecule has 8 nitrogen and oxygen atoms in total. The van der Waals surface area contributed by atoms with Gasteiger partial charge in [0.05, 0.1) is 10.6 Å². The zero-order chi connectivity index (χ0) is 23.2. The summed E-state index contributed by atoms with van der Waals surface area (Å²) in [6, 6.07) is 22.8. The van der Waals surface area contributed by atoms with E-state index in [1.165, 1.54) is 6.07 Å². The van der Waals surface area contributed by atoms with E-state index in [2.05, 4.69) is 31.1 Å². The van der Waals surface area contributed by atoms with Gasteiger partial charge in [0, 0.05) is 11.3 Å². The molecule has 0 fully saturated rings. The lowest BCUT2D eigenvalue weighted by Gasteiger charge is -2.12. The fourth-order valence-corrected chi connectivity index (χ4v) is 3.20. The number of hydrogen-bond acceptors (Lipinski definition) is 6. The molecule has 0 radical (unpaired) electrons. The van der Waals surface area contributed by atoms with Crippen molar-refractivity contribution in [1.29, 1.82) is 0 Å². The predicted molar refractivity (Wildman–Crippen MR) is 128 cm³/mol. The third kappa shape index (κ3) is 5.50. The number of amides is 3. The SMILES string of the molecule is Cc1ccc(Nc2nc(NC(=O)NC(=O)c3ccccc3Cl)nnc2-c2ccccc2)cc1. The minimum Gasteiger partial charge on any atom is -0.338 e. The summed E-state index contributed by atoms with van der Waals surface area (Å²) in [5.41, 5.74) is 3.40. The Hall–Kier alpha value is -4.30. The standard InChI is InChI=1S/C24H19ClN6O2/c1-15-11-13-17(14-12-15)26-21-20(16-7-3-2-4-8-16)30-31-23(27-21)29-24(33)28-22(32)18-9-5-6-10-19(18)25/h2-14H,1H3,(H3,26,27,28,29,31,32,33). The molecule has 0 aliphatic rings. The molecule has 0 bridgehead atoms. The van der Waals surface area contributed by atoms with Crippen LogP contribution in [0.2, 0.25) is 5.02 Å². The average molecular weight is 459 g/mol. The smallest absolute Gasteiger partial charge is 0.328 e. The number of urea groups is 1. The first-order valence-corrected chi connectivity index (χ1v) is 10.4. The van der Waals surface area contributed by atoms with Crippen molar-refractivity contribution >= 4 is 41.0 Å². The molecule has 0 aliphatic heterocycles. The third-order valence-corrected chi connectivity index (χ3v) is 4.95. The Bertz CT molecular complexity index is 1300. The number of aromatic nitrogens is 3. The lowest BCUT2D eigenvalue weighted by molar-refractivity contribution is 0.0967. The minimum absolute atomic E-state index is 0.0752. The molecule has 0 saturated heterocycles. The van der Waals surface area contributed by atoms with E-state index < -0.39 is 11.9 Å². The zero-order valence-electron chi connectivity index (χ0n) is 17.5. The van der Waals surface area contributed by atoms with Crippen LogP contribution in [-0.2, 0) is 0 Å². The maximum Gasteiger partial charge on any atom is 0.328 e. The fourth-order valence-electron chi connectivity index (χ4n) is 2.98. The Balaban J connectivity index is 1.57. The summed E-state index contributed by atoms with van der Waals surface area (Å²) in [5.74, 6) is -0.327. The van der Waals surface area contributed by atoms with Crippen molar-refractivity contribution in [2.45, 2.75) is 6.92 Å². The van der Waals surface area contributed by atoms with Crippen molar-refractivity contribution in [2.75, 3.05) is 10.6 Å². The van der Waals surface area contributed by atoms with Crippen molar-refractivity contribution in [3.05, 3.63) is 95.0 Å². The molecule has 1 aromatic heterocycles. The molecule has 33 heavy (non-hydrogen) atoms. The Morgan fingerprint density at radius 3 is 2.27 bits per heavy atom. The number of aryl methyl sites for hydroxylation is 1. The van der Waals surface area contributed by atoms with Crippen LogP contribution in [0.5, 0.6) is 0 Å². The van der Waals surface area contributed by atoms with Crippen molar-refractivity contribution in [2.24, 2.45) is 0 Å². The number of halogens is 1. The van der Waals surface area contributed by atoms with E-state index in [0.717, 1.165) is 16.8 Å². The molecular formula is C24H19ClN6O2. The van der Waals surface area contributed by atoms with Gasteiger partial charge in [-0.25, -0.2) is 4.79 Å². The van der Waals surface area contributed by atoms with Gasteiger partial charge in [-0.3, -0.25) is 15.4 Å². The number of carbonyl (C=O) groups excluding carboxylic acids is 2. The van der Waals surface area contributed by atoms with E-state index >= 15 is 0 Å². The zero-order valence-corrected chi connectivity index (χ0v) is 18.3. The predicted octanol–water partition coefficient (Wildman–Crippen LogP) is 5.21. The van der Waals surface area contributed by atoms with E-state index in [0.29, 0.717) is 11.5 Å². The van der Waals surface area contributed by atoms with E-state index in [-0.39, 0.29) is 16.5 Å². The quantitative estimate of drug-likeness (QED) is 0.379. The van der Waals surface area contributed by atoms with Gasteiger partial charge in [0.1, 0.15) is 5.69 Å². The molecular weight excluding hydrogens is 440 g/mol. The van der Waals surface area contributed by atoms with E-state index in [9.17, 15) is 9.59 Å². The molecule has 1 heterocycles. The highest BCUT2D eigenvalue weighted by atomic mass is 35.5. The third-order valence-electron chi connectivity index (χ3n) is 4.62. The molecule has 0 spiro atoms. The molecule has 9 heteroatoms. The lowest BCUT2D eigenvalue weighted by Crippen LogP contribution is -2.35. The highest BCUT2D eigenvalue weighted by Crippen LogP contribution is 2.27. The molecule has 0 unspecified atom stereocenters. The number of nitrogens with zero attached hydrogens (tertiary/aromatic N) is 3. The topological polar surface area (TPSA) is 109 Å². The van der Waals surface area contributed by atoms with Crippen LogP contribution in [0.25, 0.3) is 11.3 Å². The molecule has 164 valence electrons. The van der Waals surface area contributed by atoms with Crippen LogP contribution < -0.4 is 16.0 Å². The summed E-state index contributed by atoms with van der Waals surface area (Å²) in [6.45, 7) is 2.00. The lowest BCUT2D eigenvalue weighted by atomic mass is 10.1. The van der Waals surface area contributed by atoms with Crippen LogP contribution in [0.15, 0.2) is 78.9 Å². The normalized spacial score (nSPS) is 10.4. The van der Waals surface area contributed by atoms with Crippen LogP contribution in [0.3, 0.4) is 0 Å². The number of imide groups is 1. The monoisotopic (exact) mass is 458 g/mol. The number of carbonyl (C=O) groups is 2. The highest BCUT2D eigenvalue weighted by molar-refractivity contribution is 6.34. The number of anilines is 3. The molecule has 4 rings (SSSR count). The number of hydrogen-bond donors (Lipinski definition) is 3. The van der Waals surface area contributed by atoms with Gasteiger partial charge in [-0.15, -0.1) is 10.2 Å². The van der Waals surface area contributed by atoms with Gasteiger partial charge in [-0.2, -0.15) is 4.98 Å². The van der Waals surface area contributed by atoms with Gasteiger partial charge in [0.25, 0.3) is 11.9 Å². The van der Waals surface area contributed by atoms with Crippen LogP contribution in [0.1, 0.15) is 15.9 Å². The largest absolute Gasteiger partial charge is 0.338 e. The molecule has 0 atom stereocenters. The van der Waals surface area contributed by atoms with E-state index in [1.807, 2.05) is 61.5 Å². The molecule has 3 N–H and O–H groups in total. The summed E-state index contributed by atoms with van der Waals surface area (Å²) in [4.78, 5) is 29.1. The maximum absolute atomic E-state index is 12.4. The molecule has 3 aromatic carbocycles. The Labute approximate surface area is 195 Å². The number of rotatable bonds is 5. The Morgan fingerprint density at radius 1 is 0.848 bits per heavy atom. The average Bonchev–Trinajstić information content (AvgIpc) is 2.81. The van der Waals surface area contributed by atoms with Gasteiger partial charge in [-0.1, -0.05) is 71.8 Å². The highest BCUT2D eigenvalue weighted by Gasteiger charge is 2.16. The first-order chi connectivity index (χ1) is 16.0.